The maximum atomic E-state index is 12.0. The molecule has 0 radical (unpaired) electrons. The molecule has 0 bridgehead atoms. The number of hydrogen-bond acceptors (Lipinski definition) is 4. The quantitative estimate of drug-likeness (QED) is 0.548. The molecule has 7 heteroatoms. The number of nitrogens with one attached hydrogen (secondary N) is 3. The molecule has 1 aromatic carbocycles. The highest BCUT2D eigenvalue weighted by Gasteiger charge is 2.02. The summed E-state index contributed by atoms with van der Waals surface area (Å²) < 4.78 is 0. The number of rotatable bonds is 7. The van der Waals surface area contributed by atoms with Crippen molar-refractivity contribution in [3.63, 3.8) is 0 Å². The van der Waals surface area contributed by atoms with E-state index in [1.54, 1.807) is 30.5 Å². The number of H-pyrrole nitrogens is 1. The van der Waals surface area contributed by atoms with Crippen LogP contribution in [0.3, 0.4) is 0 Å². The van der Waals surface area contributed by atoms with Gasteiger partial charge in [0.15, 0.2) is 5.43 Å². The van der Waals surface area contributed by atoms with Gasteiger partial charge in [-0.15, -0.1) is 0 Å². The van der Waals surface area contributed by atoms with E-state index in [0.717, 1.165) is 31.6 Å². The van der Waals surface area contributed by atoms with Crippen molar-refractivity contribution in [2.75, 3.05) is 18.4 Å². The van der Waals surface area contributed by atoms with Crippen LogP contribution in [-0.4, -0.2) is 23.1 Å². The minimum absolute atomic E-state index is 0.0397. The molecule has 2 heterocycles. The lowest BCUT2D eigenvalue weighted by atomic mass is 10.2. The van der Waals surface area contributed by atoms with E-state index in [-0.39, 0.29) is 5.43 Å². The van der Waals surface area contributed by atoms with Gasteiger partial charge in [0.1, 0.15) is 11.5 Å². The number of halogens is 2. The van der Waals surface area contributed by atoms with E-state index in [2.05, 4.69) is 20.6 Å². The van der Waals surface area contributed by atoms with Crippen molar-refractivity contribution in [1.82, 2.24) is 15.3 Å². The van der Waals surface area contributed by atoms with E-state index in [1.165, 1.54) is 0 Å². The molecule has 0 spiro atoms. The second kappa shape index (κ2) is 8.34. The van der Waals surface area contributed by atoms with E-state index in [0.29, 0.717) is 26.9 Å². The highest BCUT2D eigenvalue weighted by atomic mass is 35.5. The van der Waals surface area contributed by atoms with Crippen LogP contribution < -0.4 is 16.1 Å². The molecule has 0 unspecified atom stereocenters. The summed E-state index contributed by atoms with van der Waals surface area (Å²) in [5.74, 6) is 0.681. The Morgan fingerprint density at radius 2 is 1.96 bits per heavy atom. The normalized spacial score (nSPS) is 11.0. The van der Waals surface area contributed by atoms with Gasteiger partial charge in [0, 0.05) is 25.4 Å². The van der Waals surface area contributed by atoms with Gasteiger partial charge in [0.25, 0.3) is 0 Å². The van der Waals surface area contributed by atoms with Crippen LogP contribution in [0.1, 0.15) is 12.0 Å². The first-order valence-corrected chi connectivity index (χ1v) is 8.75. The number of anilines is 1. The third kappa shape index (κ3) is 4.72. The summed E-state index contributed by atoms with van der Waals surface area (Å²) in [6.45, 7) is 2.31. The van der Waals surface area contributed by atoms with Crippen LogP contribution in [0.4, 0.5) is 5.82 Å². The molecule has 0 aliphatic heterocycles. The van der Waals surface area contributed by atoms with Gasteiger partial charge in [-0.3, -0.25) is 4.79 Å². The number of aromatic amines is 1. The fourth-order valence-corrected chi connectivity index (χ4v) is 2.81. The Balaban J connectivity index is 1.44. The highest BCUT2D eigenvalue weighted by Crippen LogP contribution is 2.22. The molecule has 3 aromatic rings. The Morgan fingerprint density at radius 3 is 2.80 bits per heavy atom. The van der Waals surface area contributed by atoms with E-state index in [1.807, 2.05) is 12.1 Å². The van der Waals surface area contributed by atoms with Crippen LogP contribution in [0.5, 0.6) is 0 Å². The first-order valence-electron chi connectivity index (χ1n) is 8.00. The molecule has 0 aliphatic rings. The van der Waals surface area contributed by atoms with Gasteiger partial charge in [-0.25, -0.2) is 4.98 Å². The SMILES string of the molecule is O=c1cc(NCCCNCc2ccc(Cl)c(Cl)c2)[nH]c2ncccc12. The van der Waals surface area contributed by atoms with Crippen LogP contribution in [0.2, 0.25) is 10.0 Å². The molecule has 3 N–H and O–H groups in total. The monoisotopic (exact) mass is 376 g/mol. The smallest absolute Gasteiger partial charge is 0.193 e. The van der Waals surface area contributed by atoms with Gasteiger partial charge < -0.3 is 15.6 Å². The van der Waals surface area contributed by atoms with Gasteiger partial charge in [-0.2, -0.15) is 0 Å². The van der Waals surface area contributed by atoms with E-state index >= 15 is 0 Å². The van der Waals surface area contributed by atoms with Crippen LogP contribution in [0.15, 0.2) is 47.4 Å². The van der Waals surface area contributed by atoms with Gasteiger partial charge in [0.05, 0.1) is 15.4 Å². The molecule has 0 fully saturated rings. The number of pyridine rings is 2. The van der Waals surface area contributed by atoms with Crippen LogP contribution >= 0.6 is 23.2 Å². The third-order valence-corrected chi connectivity index (χ3v) is 4.50. The number of hydrogen-bond donors (Lipinski definition) is 3. The van der Waals surface area contributed by atoms with Crippen molar-refractivity contribution in [3.8, 4) is 0 Å². The molecule has 0 amide bonds. The van der Waals surface area contributed by atoms with Crippen molar-refractivity contribution in [2.45, 2.75) is 13.0 Å². The predicted octanol–water partition coefficient (Wildman–Crippen LogP) is 3.82. The van der Waals surface area contributed by atoms with Crippen LogP contribution in [0.25, 0.3) is 11.0 Å². The first kappa shape index (κ1) is 17.7. The molecule has 25 heavy (non-hydrogen) atoms. The fraction of sp³-hybridized carbons (Fsp3) is 0.222. The summed E-state index contributed by atoms with van der Waals surface area (Å²) in [5.41, 5.74) is 1.64. The summed E-state index contributed by atoms with van der Waals surface area (Å²) in [6, 6.07) is 10.7. The minimum Gasteiger partial charge on any atom is -0.371 e. The Morgan fingerprint density at radius 1 is 1.08 bits per heavy atom. The number of aromatic nitrogens is 2. The molecule has 5 nitrogen and oxygen atoms in total. The molecule has 0 saturated heterocycles. The maximum absolute atomic E-state index is 12.0. The molecule has 2 aromatic heterocycles. The van der Waals surface area contributed by atoms with Crippen molar-refractivity contribution in [1.29, 1.82) is 0 Å². The van der Waals surface area contributed by atoms with Crippen LogP contribution in [-0.2, 0) is 6.54 Å². The minimum atomic E-state index is -0.0397. The molecular weight excluding hydrogens is 359 g/mol. The number of benzene rings is 1. The predicted molar refractivity (Wildman–Crippen MR) is 104 cm³/mol. The molecule has 3 rings (SSSR count). The number of nitrogens with zero attached hydrogens (tertiary/aromatic N) is 1. The average Bonchev–Trinajstić information content (AvgIpc) is 2.61. The first-order chi connectivity index (χ1) is 12.1. The van der Waals surface area contributed by atoms with Gasteiger partial charge in [0.2, 0.25) is 0 Å². The molecular formula is C18H18Cl2N4O. The zero-order valence-electron chi connectivity index (χ0n) is 13.5. The van der Waals surface area contributed by atoms with Crippen LogP contribution in [0, 0.1) is 0 Å². The van der Waals surface area contributed by atoms with E-state index in [4.69, 9.17) is 23.2 Å². The van der Waals surface area contributed by atoms with Gasteiger partial charge in [-0.1, -0.05) is 29.3 Å². The topological polar surface area (TPSA) is 69.8 Å². The highest BCUT2D eigenvalue weighted by molar-refractivity contribution is 6.42. The standard InChI is InChI=1S/C18H18Cl2N4O/c19-14-5-4-12(9-15(14)20)11-21-6-2-8-22-17-10-16(25)13-3-1-7-23-18(13)24-17/h1,3-5,7,9-10,21H,2,6,8,11H2,(H2,22,23,24,25). The average molecular weight is 377 g/mol. The largest absolute Gasteiger partial charge is 0.371 e. The summed E-state index contributed by atoms with van der Waals surface area (Å²) in [7, 11) is 0. The Kier molecular flexibility index (Phi) is 5.91. The Hall–Kier alpha value is -2.08. The van der Waals surface area contributed by atoms with Crippen molar-refractivity contribution < 1.29 is 0 Å². The second-order valence-electron chi connectivity index (χ2n) is 5.65. The number of fused-ring (bicyclic) bond motifs is 1. The lowest BCUT2D eigenvalue weighted by Crippen LogP contribution is -2.18. The van der Waals surface area contributed by atoms with Gasteiger partial charge >= 0.3 is 0 Å². The second-order valence-corrected chi connectivity index (χ2v) is 6.47. The third-order valence-electron chi connectivity index (χ3n) is 3.76. The van der Waals surface area contributed by atoms with Crippen molar-refractivity contribution >= 4 is 40.1 Å². The lowest BCUT2D eigenvalue weighted by molar-refractivity contribution is 0.663. The van der Waals surface area contributed by atoms with E-state index in [9.17, 15) is 4.79 Å². The molecule has 0 atom stereocenters. The summed E-state index contributed by atoms with van der Waals surface area (Å²) >= 11 is 11.9. The molecule has 0 aliphatic carbocycles. The molecule has 130 valence electrons. The summed E-state index contributed by atoms with van der Waals surface area (Å²) in [5, 5.41) is 8.29. The molecule has 0 saturated carbocycles. The summed E-state index contributed by atoms with van der Waals surface area (Å²) in [6.07, 6.45) is 2.57. The fourth-order valence-electron chi connectivity index (χ4n) is 2.49. The maximum Gasteiger partial charge on any atom is 0.193 e. The zero-order valence-corrected chi connectivity index (χ0v) is 15.0. The van der Waals surface area contributed by atoms with Crippen molar-refractivity contribution in [2.24, 2.45) is 0 Å². The Labute approximate surface area is 155 Å². The Bertz CT molecular complexity index is 926. The van der Waals surface area contributed by atoms with Gasteiger partial charge in [-0.05, 0) is 42.8 Å². The summed E-state index contributed by atoms with van der Waals surface area (Å²) in [4.78, 5) is 19.3. The zero-order chi connectivity index (χ0) is 17.6. The lowest BCUT2D eigenvalue weighted by Gasteiger charge is -2.09. The van der Waals surface area contributed by atoms with E-state index < -0.39 is 0 Å². The van der Waals surface area contributed by atoms with Crippen molar-refractivity contribution in [3.05, 3.63) is 68.4 Å².